The van der Waals surface area contributed by atoms with E-state index in [0.29, 0.717) is 24.7 Å². The monoisotopic (exact) mass is 235 g/mol. The third kappa shape index (κ3) is 1.70. The molecule has 92 valence electrons. The Labute approximate surface area is 100 Å². The molecule has 2 fully saturated rings. The average molecular weight is 235 g/mol. The predicted octanol–water partition coefficient (Wildman–Crippen LogP) is 0.398. The smallest absolute Gasteiger partial charge is 0.232 e. The van der Waals surface area contributed by atoms with Crippen LogP contribution in [0.4, 0.5) is 0 Å². The van der Waals surface area contributed by atoms with Crippen LogP contribution in [0, 0.1) is 5.92 Å². The van der Waals surface area contributed by atoms with Crippen molar-refractivity contribution in [1.29, 1.82) is 0 Å². The zero-order valence-corrected chi connectivity index (χ0v) is 9.96. The van der Waals surface area contributed by atoms with E-state index in [2.05, 4.69) is 14.9 Å². The van der Waals surface area contributed by atoms with E-state index in [0.717, 1.165) is 19.5 Å². The largest absolute Gasteiger partial charge is 0.477 e. The van der Waals surface area contributed by atoms with Gasteiger partial charge in [-0.1, -0.05) is 0 Å². The van der Waals surface area contributed by atoms with Crippen molar-refractivity contribution in [3.8, 4) is 5.88 Å². The number of hydrogen-bond donors (Lipinski definition) is 1. The van der Waals surface area contributed by atoms with Gasteiger partial charge >= 0.3 is 0 Å². The standard InChI is InChI=1S/C12H17N3O2/c1-2-17-11-6-13-5-10(14-11)12(16)8-15-4-3-9(12)7-15/h5-6,9,16H,2-4,7-8H2,1H3. The molecule has 3 atom stereocenters. The quantitative estimate of drug-likeness (QED) is 0.821. The summed E-state index contributed by atoms with van der Waals surface area (Å²) in [4.78, 5) is 10.8. The number of nitrogens with zero attached hydrogens (tertiary/aromatic N) is 3. The predicted molar refractivity (Wildman–Crippen MR) is 61.6 cm³/mol. The Morgan fingerprint density at radius 2 is 2.47 bits per heavy atom. The van der Waals surface area contributed by atoms with E-state index < -0.39 is 5.60 Å². The molecule has 3 unspecified atom stereocenters. The third-order valence-electron chi connectivity index (χ3n) is 3.76. The maximum atomic E-state index is 10.7. The van der Waals surface area contributed by atoms with Gasteiger partial charge in [-0.3, -0.25) is 9.88 Å². The second kappa shape index (κ2) is 3.92. The number of hydrogen-bond acceptors (Lipinski definition) is 5. The molecule has 1 aromatic heterocycles. The molecule has 0 saturated carbocycles. The normalized spacial score (nSPS) is 35.2. The Hall–Kier alpha value is -1.20. The van der Waals surface area contributed by atoms with E-state index in [1.165, 1.54) is 0 Å². The van der Waals surface area contributed by atoms with Crippen LogP contribution in [0.1, 0.15) is 19.0 Å². The number of aromatic nitrogens is 2. The van der Waals surface area contributed by atoms with Crippen LogP contribution in [-0.2, 0) is 5.60 Å². The summed E-state index contributed by atoms with van der Waals surface area (Å²) in [6.07, 6.45) is 4.28. The fraction of sp³-hybridized carbons (Fsp3) is 0.667. The molecule has 0 amide bonds. The lowest BCUT2D eigenvalue weighted by molar-refractivity contribution is -0.0146. The highest BCUT2D eigenvalue weighted by Gasteiger charge is 2.51. The van der Waals surface area contributed by atoms with Gasteiger partial charge in [0.25, 0.3) is 0 Å². The molecule has 0 aromatic carbocycles. The highest BCUT2D eigenvalue weighted by molar-refractivity contribution is 5.20. The first kappa shape index (κ1) is 10.9. The Balaban J connectivity index is 1.90. The second-order valence-corrected chi connectivity index (χ2v) is 4.82. The van der Waals surface area contributed by atoms with Gasteiger partial charge in [-0.2, -0.15) is 0 Å². The number of rotatable bonds is 3. The van der Waals surface area contributed by atoms with Crippen molar-refractivity contribution in [3.63, 3.8) is 0 Å². The van der Waals surface area contributed by atoms with Crippen molar-refractivity contribution in [1.82, 2.24) is 14.9 Å². The fourth-order valence-corrected chi connectivity index (χ4v) is 2.90. The number of fused-ring (bicyclic) bond motifs is 2. The molecule has 1 aromatic rings. The third-order valence-corrected chi connectivity index (χ3v) is 3.76. The highest BCUT2D eigenvalue weighted by atomic mass is 16.5. The first-order chi connectivity index (χ1) is 8.22. The van der Waals surface area contributed by atoms with E-state index >= 15 is 0 Å². The summed E-state index contributed by atoms with van der Waals surface area (Å²) < 4.78 is 5.33. The fourth-order valence-electron chi connectivity index (χ4n) is 2.90. The van der Waals surface area contributed by atoms with Crippen LogP contribution < -0.4 is 4.74 Å². The SMILES string of the molecule is CCOc1cncc(C2(O)CN3CCC2C3)n1. The minimum absolute atomic E-state index is 0.286. The molecular weight excluding hydrogens is 218 g/mol. The van der Waals surface area contributed by atoms with Gasteiger partial charge < -0.3 is 9.84 Å². The van der Waals surface area contributed by atoms with Crippen molar-refractivity contribution in [2.24, 2.45) is 5.92 Å². The molecule has 2 bridgehead atoms. The van der Waals surface area contributed by atoms with Crippen molar-refractivity contribution in [3.05, 3.63) is 18.1 Å². The molecule has 0 spiro atoms. The lowest BCUT2D eigenvalue weighted by Gasteiger charge is -2.31. The molecule has 2 aliphatic rings. The van der Waals surface area contributed by atoms with Crippen LogP contribution >= 0.6 is 0 Å². The first-order valence-corrected chi connectivity index (χ1v) is 6.12. The Morgan fingerprint density at radius 1 is 1.59 bits per heavy atom. The van der Waals surface area contributed by atoms with Crippen LogP contribution in [0.25, 0.3) is 0 Å². The van der Waals surface area contributed by atoms with E-state index in [1.54, 1.807) is 12.4 Å². The van der Waals surface area contributed by atoms with Crippen LogP contribution in [0.5, 0.6) is 5.88 Å². The minimum Gasteiger partial charge on any atom is -0.477 e. The van der Waals surface area contributed by atoms with Gasteiger partial charge in [-0.15, -0.1) is 0 Å². The van der Waals surface area contributed by atoms with Gasteiger partial charge in [-0.05, 0) is 19.9 Å². The minimum atomic E-state index is -0.835. The summed E-state index contributed by atoms with van der Waals surface area (Å²) in [5, 5.41) is 10.7. The Morgan fingerprint density at radius 3 is 3.12 bits per heavy atom. The van der Waals surface area contributed by atoms with Crippen LogP contribution in [0.15, 0.2) is 12.4 Å². The van der Waals surface area contributed by atoms with Gasteiger partial charge in [0.15, 0.2) is 0 Å². The lowest BCUT2D eigenvalue weighted by atomic mass is 9.85. The van der Waals surface area contributed by atoms with Crippen LogP contribution in [0.2, 0.25) is 0 Å². The lowest BCUT2D eigenvalue weighted by Crippen LogP contribution is -2.40. The molecule has 17 heavy (non-hydrogen) atoms. The first-order valence-electron chi connectivity index (χ1n) is 6.12. The molecule has 3 heterocycles. The zero-order chi connectivity index (χ0) is 11.9. The molecule has 0 aliphatic carbocycles. The Kier molecular flexibility index (Phi) is 2.52. The molecule has 1 N–H and O–H groups in total. The molecule has 2 aliphatic heterocycles. The van der Waals surface area contributed by atoms with E-state index in [4.69, 9.17) is 4.74 Å². The number of aliphatic hydroxyl groups is 1. The molecule has 3 rings (SSSR count). The summed E-state index contributed by atoms with van der Waals surface area (Å²) in [7, 11) is 0. The summed E-state index contributed by atoms with van der Waals surface area (Å²) >= 11 is 0. The molecular formula is C12H17N3O2. The van der Waals surface area contributed by atoms with Gasteiger partial charge in [0.2, 0.25) is 5.88 Å². The van der Waals surface area contributed by atoms with Gasteiger partial charge in [-0.25, -0.2) is 4.98 Å². The number of ether oxygens (including phenoxy) is 1. The average Bonchev–Trinajstić information content (AvgIpc) is 2.90. The summed E-state index contributed by atoms with van der Waals surface area (Å²) in [5.74, 6) is 0.782. The van der Waals surface area contributed by atoms with Crippen LogP contribution in [0.3, 0.4) is 0 Å². The van der Waals surface area contributed by atoms with Crippen LogP contribution in [-0.4, -0.2) is 46.2 Å². The van der Waals surface area contributed by atoms with Crippen molar-refractivity contribution < 1.29 is 9.84 Å². The second-order valence-electron chi connectivity index (χ2n) is 4.82. The molecule has 0 radical (unpaired) electrons. The van der Waals surface area contributed by atoms with Crippen molar-refractivity contribution in [2.75, 3.05) is 26.2 Å². The summed E-state index contributed by atoms with van der Waals surface area (Å²) in [6, 6.07) is 0. The van der Waals surface area contributed by atoms with Gasteiger partial charge in [0.1, 0.15) is 5.60 Å². The van der Waals surface area contributed by atoms with Gasteiger partial charge in [0, 0.05) is 19.0 Å². The molecule has 2 saturated heterocycles. The van der Waals surface area contributed by atoms with E-state index in [-0.39, 0.29) is 5.92 Å². The topological polar surface area (TPSA) is 58.5 Å². The van der Waals surface area contributed by atoms with Crippen molar-refractivity contribution in [2.45, 2.75) is 18.9 Å². The van der Waals surface area contributed by atoms with E-state index in [9.17, 15) is 5.11 Å². The molecule has 5 heteroatoms. The van der Waals surface area contributed by atoms with Gasteiger partial charge in [0.05, 0.1) is 24.7 Å². The number of piperidine rings is 1. The van der Waals surface area contributed by atoms with E-state index in [1.807, 2.05) is 6.92 Å². The molecule has 5 nitrogen and oxygen atoms in total. The maximum Gasteiger partial charge on any atom is 0.232 e. The Bertz CT molecular complexity index is 426. The highest BCUT2D eigenvalue weighted by Crippen LogP contribution is 2.42. The zero-order valence-electron chi connectivity index (χ0n) is 9.96. The maximum absolute atomic E-state index is 10.7. The summed E-state index contributed by atoms with van der Waals surface area (Å²) in [6.45, 7) is 5.20. The van der Waals surface area contributed by atoms with Crippen molar-refractivity contribution >= 4 is 0 Å². The summed E-state index contributed by atoms with van der Waals surface area (Å²) in [5.41, 5.74) is -0.186.